The van der Waals surface area contributed by atoms with Crippen molar-refractivity contribution in [3.8, 4) is 0 Å². The lowest BCUT2D eigenvalue weighted by molar-refractivity contribution is 1.08. The van der Waals surface area contributed by atoms with E-state index in [0.29, 0.717) is 12.4 Å². The molecular formula is C7H9BrN2S. The monoisotopic (exact) mass is 232 g/mol. The molecule has 60 valence electrons. The van der Waals surface area contributed by atoms with Crippen LogP contribution in [-0.4, -0.2) is 5.84 Å². The number of nitrogens with zero attached hydrogens (tertiary/aromatic N) is 1. The number of halogens is 1. The Labute approximate surface area is 78.3 Å². The SMILES string of the molecule is CC(N)=NCc1sccc1Br. The van der Waals surface area contributed by atoms with Crippen LogP contribution in [0.4, 0.5) is 0 Å². The van der Waals surface area contributed by atoms with Gasteiger partial charge in [-0.25, -0.2) is 0 Å². The van der Waals surface area contributed by atoms with E-state index in [1.54, 1.807) is 18.3 Å². The minimum absolute atomic E-state index is 0.630. The van der Waals surface area contributed by atoms with Crippen molar-refractivity contribution in [2.24, 2.45) is 10.7 Å². The molecule has 0 aliphatic rings. The Balaban J connectivity index is 2.65. The summed E-state index contributed by atoms with van der Waals surface area (Å²) in [5.41, 5.74) is 5.40. The van der Waals surface area contributed by atoms with Gasteiger partial charge in [-0.2, -0.15) is 0 Å². The Morgan fingerprint density at radius 2 is 2.55 bits per heavy atom. The summed E-state index contributed by atoms with van der Waals surface area (Å²) in [5.74, 6) is 0.630. The summed E-state index contributed by atoms with van der Waals surface area (Å²) >= 11 is 5.10. The molecule has 0 saturated carbocycles. The van der Waals surface area contributed by atoms with E-state index in [-0.39, 0.29) is 0 Å². The minimum atomic E-state index is 0.630. The number of aliphatic imine (C=N–C) groups is 1. The predicted molar refractivity (Wildman–Crippen MR) is 53.0 cm³/mol. The Bertz CT molecular complexity index is 263. The van der Waals surface area contributed by atoms with Crippen molar-refractivity contribution in [3.05, 3.63) is 20.8 Å². The average Bonchev–Trinajstić information content (AvgIpc) is 2.31. The van der Waals surface area contributed by atoms with Crippen LogP contribution in [0.5, 0.6) is 0 Å². The number of rotatable bonds is 2. The molecule has 0 aliphatic heterocycles. The largest absolute Gasteiger partial charge is 0.388 e. The smallest absolute Gasteiger partial charge is 0.0910 e. The van der Waals surface area contributed by atoms with E-state index in [9.17, 15) is 0 Å². The van der Waals surface area contributed by atoms with Gasteiger partial charge in [0.05, 0.1) is 12.4 Å². The van der Waals surface area contributed by atoms with Crippen molar-refractivity contribution in [2.75, 3.05) is 0 Å². The third-order valence-corrected chi connectivity index (χ3v) is 3.07. The van der Waals surface area contributed by atoms with Crippen molar-refractivity contribution in [3.63, 3.8) is 0 Å². The van der Waals surface area contributed by atoms with Crippen molar-refractivity contribution >= 4 is 33.1 Å². The molecule has 1 rings (SSSR count). The normalized spacial score (nSPS) is 12.0. The van der Waals surface area contributed by atoms with Gasteiger partial charge >= 0.3 is 0 Å². The molecule has 0 bridgehead atoms. The third kappa shape index (κ3) is 2.63. The van der Waals surface area contributed by atoms with Gasteiger partial charge in [-0.05, 0) is 34.3 Å². The molecule has 11 heavy (non-hydrogen) atoms. The fourth-order valence-electron chi connectivity index (χ4n) is 0.634. The fraction of sp³-hybridized carbons (Fsp3) is 0.286. The van der Waals surface area contributed by atoms with Gasteiger partial charge in [-0.1, -0.05) is 0 Å². The Morgan fingerprint density at radius 3 is 3.00 bits per heavy atom. The summed E-state index contributed by atoms with van der Waals surface area (Å²) < 4.78 is 1.12. The Hall–Kier alpha value is -0.350. The summed E-state index contributed by atoms with van der Waals surface area (Å²) in [4.78, 5) is 5.32. The summed E-state index contributed by atoms with van der Waals surface area (Å²) in [6.07, 6.45) is 0. The van der Waals surface area contributed by atoms with Crippen molar-refractivity contribution < 1.29 is 0 Å². The molecule has 0 amide bonds. The van der Waals surface area contributed by atoms with Gasteiger partial charge in [0.1, 0.15) is 0 Å². The molecular weight excluding hydrogens is 224 g/mol. The highest BCUT2D eigenvalue weighted by Gasteiger charge is 1.98. The zero-order valence-corrected chi connectivity index (χ0v) is 8.58. The molecule has 0 saturated heterocycles. The van der Waals surface area contributed by atoms with Crippen LogP contribution in [0, 0.1) is 0 Å². The molecule has 0 unspecified atom stereocenters. The van der Waals surface area contributed by atoms with Gasteiger partial charge in [0.15, 0.2) is 0 Å². The summed E-state index contributed by atoms with van der Waals surface area (Å²) in [7, 11) is 0. The van der Waals surface area contributed by atoms with Gasteiger partial charge in [0.2, 0.25) is 0 Å². The van der Waals surface area contributed by atoms with Gasteiger partial charge in [0, 0.05) is 9.35 Å². The van der Waals surface area contributed by atoms with Crippen molar-refractivity contribution in [1.82, 2.24) is 0 Å². The highest BCUT2D eigenvalue weighted by Crippen LogP contribution is 2.22. The average molecular weight is 233 g/mol. The summed E-state index contributed by atoms with van der Waals surface area (Å²) in [5, 5.41) is 2.03. The summed E-state index contributed by atoms with van der Waals surface area (Å²) in [6, 6.07) is 2.02. The van der Waals surface area contributed by atoms with Gasteiger partial charge in [-0.3, -0.25) is 4.99 Å². The zero-order chi connectivity index (χ0) is 8.27. The maximum absolute atomic E-state index is 5.40. The molecule has 0 atom stereocenters. The molecule has 1 aromatic heterocycles. The first-order valence-electron chi connectivity index (χ1n) is 3.18. The molecule has 1 aromatic rings. The van der Waals surface area contributed by atoms with Crippen LogP contribution in [0.1, 0.15) is 11.8 Å². The van der Waals surface area contributed by atoms with Crippen LogP contribution in [-0.2, 0) is 6.54 Å². The number of thiophene rings is 1. The van der Waals surface area contributed by atoms with Crippen LogP contribution >= 0.6 is 27.3 Å². The third-order valence-electron chi connectivity index (χ3n) is 1.16. The molecule has 0 radical (unpaired) electrons. The fourth-order valence-corrected chi connectivity index (χ4v) is 2.04. The highest BCUT2D eigenvalue weighted by molar-refractivity contribution is 9.10. The van der Waals surface area contributed by atoms with Gasteiger partial charge in [0.25, 0.3) is 0 Å². The predicted octanol–water partition coefficient (Wildman–Crippen LogP) is 2.39. The first-order valence-corrected chi connectivity index (χ1v) is 4.86. The van der Waals surface area contributed by atoms with Crippen molar-refractivity contribution in [1.29, 1.82) is 0 Å². The quantitative estimate of drug-likeness (QED) is 0.618. The van der Waals surface area contributed by atoms with Gasteiger partial charge < -0.3 is 5.73 Å². The molecule has 2 nitrogen and oxygen atoms in total. The van der Waals surface area contributed by atoms with Crippen LogP contribution in [0.3, 0.4) is 0 Å². The van der Waals surface area contributed by atoms with Crippen molar-refractivity contribution in [2.45, 2.75) is 13.5 Å². The minimum Gasteiger partial charge on any atom is -0.388 e. The van der Waals surface area contributed by atoms with E-state index >= 15 is 0 Å². The second-order valence-corrected chi connectivity index (χ2v) is 4.00. The van der Waals surface area contributed by atoms with Gasteiger partial charge in [-0.15, -0.1) is 11.3 Å². The van der Waals surface area contributed by atoms with E-state index in [4.69, 9.17) is 5.73 Å². The van der Waals surface area contributed by atoms with Crippen LogP contribution in [0.15, 0.2) is 20.9 Å². The van der Waals surface area contributed by atoms with Crippen LogP contribution in [0.25, 0.3) is 0 Å². The first kappa shape index (κ1) is 8.74. The van der Waals surface area contributed by atoms with E-state index in [1.165, 1.54) is 4.88 Å². The second kappa shape index (κ2) is 3.88. The lowest BCUT2D eigenvalue weighted by Gasteiger charge is -1.92. The van der Waals surface area contributed by atoms with E-state index in [1.807, 2.05) is 11.4 Å². The standard InChI is InChI=1S/C7H9BrN2S/c1-5(9)10-4-7-6(8)2-3-11-7/h2-3H,4H2,1H3,(H2,9,10). The molecule has 0 aromatic carbocycles. The van der Waals surface area contributed by atoms with E-state index in [2.05, 4.69) is 20.9 Å². The molecule has 1 heterocycles. The number of nitrogens with two attached hydrogens (primary N) is 1. The maximum atomic E-state index is 5.40. The van der Waals surface area contributed by atoms with E-state index < -0.39 is 0 Å². The maximum Gasteiger partial charge on any atom is 0.0910 e. The molecule has 0 aliphatic carbocycles. The van der Waals surface area contributed by atoms with E-state index in [0.717, 1.165) is 4.47 Å². The molecule has 0 fully saturated rings. The topological polar surface area (TPSA) is 38.4 Å². The zero-order valence-electron chi connectivity index (χ0n) is 6.17. The lowest BCUT2D eigenvalue weighted by atomic mass is 10.5. The van der Waals surface area contributed by atoms with Crippen LogP contribution in [0.2, 0.25) is 0 Å². The first-order chi connectivity index (χ1) is 5.20. The number of amidine groups is 1. The van der Waals surface area contributed by atoms with Crippen LogP contribution < -0.4 is 5.73 Å². The number of hydrogen-bond acceptors (Lipinski definition) is 2. The highest BCUT2D eigenvalue weighted by atomic mass is 79.9. The molecule has 2 N–H and O–H groups in total. The second-order valence-electron chi connectivity index (χ2n) is 2.15. The lowest BCUT2D eigenvalue weighted by Crippen LogP contribution is -2.05. The Morgan fingerprint density at radius 1 is 1.82 bits per heavy atom. The summed E-state index contributed by atoms with van der Waals surface area (Å²) in [6.45, 7) is 2.47. The molecule has 4 heteroatoms. The Kier molecular flexibility index (Phi) is 3.08. The molecule has 0 spiro atoms. The number of hydrogen-bond donors (Lipinski definition) is 1.